The minimum Gasteiger partial charge on any atom is -0.302 e. The molecule has 0 atom stereocenters. The van der Waals surface area contributed by atoms with Gasteiger partial charge in [0.25, 0.3) is 11.8 Å². The first-order chi connectivity index (χ1) is 19.0. The van der Waals surface area contributed by atoms with E-state index in [1.54, 1.807) is 17.4 Å². The van der Waals surface area contributed by atoms with Crippen molar-refractivity contribution in [2.24, 2.45) is 0 Å². The highest BCUT2D eigenvalue weighted by atomic mass is 32.1. The molecule has 0 saturated carbocycles. The van der Waals surface area contributed by atoms with Gasteiger partial charge in [0.05, 0.1) is 0 Å². The Kier molecular flexibility index (Phi) is 8.16. The lowest BCUT2D eigenvalue weighted by atomic mass is 10.1. The fourth-order valence-electron chi connectivity index (χ4n) is 4.33. The molecule has 2 aromatic heterocycles. The molecule has 5 rings (SSSR count). The second-order valence-electron chi connectivity index (χ2n) is 8.70. The Morgan fingerprint density at radius 3 is 1.72 bits per heavy atom. The second kappa shape index (κ2) is 11.9. The summed E-state index contributed by atoms with van der Waals surface area (Å²) >= 11 is 8.59. The number of para-hydroxylation sites is 2. The number of rotatable bonds is 8. The van der Waals surface area contributed by atoms with Crippen LogP contribution in [0.3, 0.4) is 0 Å². The Balaban J connectivity index is 1.37. The van der Waals surface area contributed by atoms with Gasteiger partial charge < -0.3 is 4.90 Å². The zero-order chi connectivity index (χ0) is 27.4. The summed E-state index contributed by atoms with van der Waals surface area (Å²) in [5.74, 6) is -0.676. The molecule has 0 aliphatic carbocycles. The molecule has 39 heavy (non-hydrogen) atoms. The molecular weight excluding hydrogens is 543 g/mol. The molecule has 0 spiro atoms. The number of hydrogen-bond donors (Lipinski definition) is 0. The highest BCUT2D eigenvalue weighted by Gasteiger charge is 2.37. The molecule has 0 bridgehead atoms. The van der Waals surface area contributed by atoms with Crippen LogP contribution in [0.15, 0.2) is 90.5 Å². The largest absolute Gasteiger partial charge is 0.302 e. The van der Waals surface area contributed by atoms with E-state index in [4.69, 9.17) is 12.2 Å². The van der Waals surface area contributed by atoms with Gasteiger partial charge in [-0.2, -0.15) is 0 Å². The summed E-state index contributed by atoms with van der Waals surface area (Å²) in [5, 5.41) is 1.40. The highest BCUT2D eigenvalue weighted by molar-refractivity contribution is 7.80. The Morgan fingerprint density at radius 1 is 0.692 bits per heavy atom. The van der Waals surface area contributed by atoms with Crippen LogP contribution in [0.25, 0.3) is 18.2 Å². The highest BCUT2D eigenvalue weighted by Crippen LogP contribution is 2.39. The zero-order valence-corrected chi connectivity index (χ0v) is 24.1. The lowest BCUT2D eigenvalue weighted by Gasteiger charge is -2.35. The molecule has 196 valence electrons. The standard InChI is InChI=1S/C31H27N3O2S3/c1-3-32-29(35)27(30(36)33(4-2)31(32)37)21-26-18-17-24(38-26)15-16-25-19-20-28(39-25)34(22-11-7-5-8-12-22)23-13-9-6-10-14-23/h5-21H,3-4H2,1-2H3/b16-15+. The third-order valence-electron chi connectivity index (χ3n) is 6.25. The molecule has 4 aromatic rings. The van der Waals surface area contributed by atoms with Gasteiger partial charge in [-0.15, -0.1) is 22.7 Å². The first-order valence-electron chi connectivity index (χ1n) is 12.7. The van der Waals surface area contributed by atoms with E-state index in [2.05, 4.69) is 53.5 Å². The van der Waals surface area contributed by atoms with Gasteiger partial charge in [0.15, 0.2) is 5.11 Å². The van der Waals surface area contributed by atoms with Crippen LogP contribution in [0.1, 0.15) is 28.5 Å². The molecule has 1 aliphatic rings. The van der Waals surface area contributed by atoms with Crippen molar-refractivity contribution in [3.05, 3.63) is 105 Å². The Morgan fingerprint density at radius 2 is 1.18 bits per heavy atom. The third kappa shape index (κ3) is 5.63. The fourth-order valence-corrected chi connectivity index (χ4v) is 6.57. The summed E-state index contributed by atoms with van der Waals surface area (Å²) in [7, 11) is 0. The summed E-state index contributed by atoms with van der Waals surface area (Å²) in [6.07, 6.45) is 5.84. The first-order valence-corrected chi connectivity index (χ1v) is 14.7. The minimum atomic E-state index is -0.338. The summed E-state index contributed by atoms with van der Waals surface area (Å²) in [6.45, 7) is 4.56. The van der Waals surface area contributed by atoms with Gasteiger partial charge in [-0.3, -0.25) is 19.4 Å². The number of nitrogens with zero attached hydrogens (tertiary/aromatic N) is 3. The number of thiophene rings is 2. The minimum absolute atomic E-state index is 0.148. The van der Waals surface area contributed by atoms with Crippen LogP contribution in [0.4, 0.5) is 16.4 Å². The molecule has 1 aliphatic heterocycles. The van der Waals surface area contributed by atoms with Crippen molar-refractivity contribution >= 4 is 86.4 Å². The molecule has 5 nitrogen and oxygen atoms in total. The molecule has 3 heterocycles. The van der Waals surface area contributed by atoms with E-state index in [0.29, 0.717) is 13.1 Å². The van der Waals surface area contributed by atoms with Crippen molar-refractivity contribution in [1.82, 2.24) is 9.80 Å². The molecule has 1 fully saturated rings. The van der Waals surface area contributed by atoms with Gasteiger partial charge in [0, 0.05) is 39.1 Å². The molecule has 8 heteroatoms. The Hall–Kier alpha value is -3.85. The summed E-state index contributed by atoms with van der Waals surface area (Å²) in [6, 6.07) is 28.9. The van der Waals surface area contributed by atoms with Gasteiger partial charge in [0.2, 0.25) is 0 Å². The number of hydrogen-bond acceptors (Lipinski definition) is 6. The van der Waals surface area contributed by atoms with Crippen LogP contribution in [0.5, 0.6) is 0 Å². The van der Waals surface area contributed by atoms with E-state index in [9.17, 15) is 9.59 Å². The Bertz CT molecular complexity index is 1490. The maximum Gasteiger partial charge on any atom is 0.265 e. The molecule has 1 saturated heterocycles. The van der Waals surface area contributed by atoms with Crippen molar-refractivity contribution in [3.8, 4) is 0 Å². The van der Waals surface area contributed by atoms with Crippen molar-refractivity contribution in [1.29, 1.82) is 0 Å². The van der Waals surface area contributed by atoms with Crippen molar-refractivity contribution < 1.29 is 9.59 Å². The SMILES string of the molecule is CCN1C(=O)C(=Cc2ccc(/C=C/c3ccc(N(c4ccccc4)c4ccccc4)s3)s2)C(=O)N(CC)C1=S. The lowest BCUT2D eigenvalue weighted by Crippen LogP contribution is -2.55. The molecule has 0 unspecified atom stereocenters. The maximum absolute atomic E-state index is 12.9. The van der Waals surface area contributed by atoms with Crippen LogP contribution in [-0.4, -0.2) is 39.8 Å². The van der Waals surface area contributed by atoms with Gasteiger partial charge >= 0.3 is 0 Å². The molecule has 0 N–H and O–H groups in total. The summed E-state index contributed by atoms with van der Waals surface area (Å²) in [5.41, 5.74) is 2.36. The molecule has 2 amide bonds. The molecule has 0 radical (unpaired) electrons. The van der Waals surface area contributed by atoms with Gasteiger partial charge in [0.1, 0.15) is 10.6 Å². The van der Waals surface area contributed by atoms with E-state index in [1.807, 2.05) is 62.4 Å². The van der Waals surface area contributed by atoms with E-state index < -0.39 is 0 Å². The number of carbonyl (C=O) groups is 2. The van der Waals surface area contributed by atoms with E-state index in [0.717, 1.165) is 31.0 Å². The summed E-state index contributed by atoms with van der Waals surface area (Å²) < 4.78 is 0. The summed E-state index contributed by atoms with van der Waals surface area (Å²) in [4.78, 5) is 34.1. The van der Waals surface area contributed by atoms with Gasteiger partial charge in [-0.1, -0.05) is 36.4 Å². The topological polar surface area (TPSA) is 43.9 Å². The average Bonchev–Trinajstić information content (AvgIpc) is 3.61. The number of benzene rings is 2. The quantitative estimate of drug-likeness (QED) is 0.123. The van der Waals surface area contributed by atoms with E-state index in [1.165, 1.54) is 21.1 Å². The maximum atomic E-state index is 12.9. The number of likely N-dealkylation sites (N-methyl/N-ethyl adjacent to an activating group) is 2. The van der Waals surface area contributed by atoms with E-state index in [-0.39, 0.29) is 22.5 Å². The smallest absolute Gasteiger partial charge is 0.265 e. The van der Waals surface area contributed by atoms with Crippen LogP contribution in [0, 0.1) is 0 Å². The Labute approximate surface area is 241 Å². The second-order valence-corrected chi connectivity index (χ2v) is 11.3. The lowest BCUT2D eigenvalue weighted by molar-refractivity contribution is -0.133. The van der Waals surface area contributed by atoms with Gasteiger partial charge in [-0.25, -0.2) is 0 Å². The zero-order valence-electron chi connectivity index (χ0n) is 21.6. The predicted octanol–water partition coefficient (Wildman–Crippen LogP) is 7.83. The van der Waals surface area contributed by atoms with Crippen molar-refractivity contribution in [3.63, 3.8) is 0 Å². The predicted molar refractivity (Wildman–Crippen MR) is 168 cm³/mol. The molecule has 2 aromatic carbocycles. The molecular formula is C31H27N3O2S3. The number of anilines is 3. The van der Waals surface area contributed by atoms with Crippen molar-refractivity contribution in [2.75, 3.05) is 18.0 Å². The normalized spacial score (nSPS) is 14.0. The van der Waals surface area contributed by atoms with E-state index >= 15 is 0 Å². The van der Waals surface area contributed by atoms with Crippen LogP contribution in [-0.2, 0) is 9.59 Å². The van der Waals surface area contributed by atoms with Crippen LogP contribution >= 0.6 is 34.9 Å². The number of amides is 2. The average molecular weight is 570 g/mol. The fraction of sp³-hybridized carbons (Fsp3) is 0.129. The first kappa shape index (κ1) is 26.7. The van der Waals surface area contributed by atoms with Crippen molar-refractivity contribution in [2.45, 2.75) is 13.8 Å². The monoisotopic (exact) mass is 569 g/mol. The third-order valence-corrected chi connectivity index (χ3v) is 8.73. The van der Waals surface area contributed by atoms with Crippen LogP contribution in [0.2, 0.25) is 0 Å². The van der Waals surface area contributed by atoms with Crippen LogP contribution < -0.4 is 4.90 Å². The van der Waals surface area contributed by atoms with Gasteiger partial charge in [-0.05, 0) is 92.8 Å². The number of thiocarbonyl (C=S) groups is 1. The number of carbonyl (C=O) groups excluding carboxylic acids is 2.